The average molecular weight is 245 g/mol. The van der Waals surface area contributed by atoms with Gasteiger partial charge < -0.3 is 10.3 Å². The van der Waals surface area contributed by atoms with Gasteiger partial charge in [0.25, 0.3) is 0 Å². The Hall–Kier alpha value is 0.0300. The van der Waals surface area contributed by atoms with E-state index in [4.69, 9.17) is 5.73 Å². The Morgan fingerprint density at radius 1 is 1.38 bits per heavy atom. The second-order valence-electron chi connectivity index (χ2n) is 2.09. The molecule has 0 aromatic carbocycles. The van der Waals surface area contributed by atoms with E-state index in [1.54, 1.807) is 11.8 Å². The number of thioether (sulfide) groups is 1. The van der Waals surface area contributed by atoms with Crippen LogP contribution in [0.3, 0.4) is 0 Å². The lowest BCUT2D eigenvalue weighted by Gasteiger charge is -1.98. The van der Waals surface area contributed by atoms with Crippen LogP contribution in [0.15, 0.2) is 5.16 Å². The smallest absolute Gasteiger partial charge is 0.190 e. The molecule has 0 aliphatic carbocycles. The molecule has 2 N–H and O–H groups in total. The molecule has 4 nitrogen and oxygen atoms in total. The molecule has 13 heavy (non-hydrogen) atoms. The highest BCUT2D eigenvalue weighted by atomic mass is 35.5. The molecule has 0 saturated heterocycles. The van der Waals surface area contributed by atoms with E-state index in [2.05, 4.69) is 17.1 Å². The zero-order valence-corrected chi connectivity index (χ0v) is 10.0. The molecule has 7 heteroatoms. The minimum atomic E-state index is 0. The van der Waals surface area contributed by atoms with Crippen molar-refractivity contribution < 1.29 is 0 Å². The fourth-order valence-corrected chi connectivity index (χ4v) is 1.43. The van der Waals surface area contributed by atoms with Crippen molar-refractivity contribution in [2.75, 3.05) is 5.75 Å². The lowest BCUT2D eigenvalue weighted by atomic mass is 10.6. The summed E-state index contributed by atoms with van der Waals surface area (Å²) in [6.07, 6.45) is 0. The highest BCUT2D eigenvalue weighted by molar-refractivity contribution is 7.99. The van der Waals surface area contributed by atoms with Crippen molar-refractivity contribution >= 4 is 36.6 Å². The predicted octanol–water partition coefficient (Wildman–Crippen LogP) is 1.23. The van der Waals surface area contributed by atoms with Gasteiger partial charge in [0.05, 0.1) is 6.54 Å². The van der Waals surface area contributed by atoms with Gasteiger partial charge in [0.2, 0.25) is 0 Å². The van der Waals surface area contributed by atoms with Crippen LogP contribution in [0.25, 0.3) is 0 Å². The Morgan fingerprint density at radius 2 is 2.00 bits per heavy atom. The van der Waals surface area contributed by atoms with Crippen molar-refractivity contribution in [3.8, 4) is 0 Å². The number of hydrogen-bond donors (Lipinski definition) is 1. The third-order valence-electron chi connectivity index (χ3n) is 1.38. The molecule has 0 fully saturated rings. The Kier molecular flexibility index (Phi) is 8.87. The first-order chi connectivity index (χ1) is 5.29. The van der Waals surface area contributed by atoms with Gasteiger partial charge in [-0.25, -0.2) is 0 Å². The van der Waals surface area contributed by atoms with E-state index in [-0.39, 0.29) is 24.8 Å². The summed E-state index contributed by atoms with van der Waals surface area (Å²) in [7, 11) is 1.93. The van der Waals surface area contributed by atoms with Gasteiger partial charge in [-0.15, -0.1) is 35.0 Å². The largest absolute Gasteiger partial charge is 0.324 e. The molecule has 0 aliphatic heterocycles. The fraction of sp³-hybridized carbons (Fsp3) is 0.667. The normalized spacial score (nSPS) is 8.85. The Bertz CT molecular complexity index is 241. The van der Waals surface area contributed by atoms with Gasteiger partial charge in [-0.05, 0) is 5.75 Å². The monoisotopic (exact) mass is 244 g/mol. The lowest BCUT2D eigenvalue weighted by molar-refractivity contribution is 0.734. The zero-order chi connectivity index (χ0) is 8.27. The van der Waals surface area contributed by atoms with Gasteiger partial charge in [-0.2, -0.15) is 0 Å². The minimum absolute atomic E-state index is 0. The van der Waals surface area contributed by atoms with Gasteiger partial charge in [-0.1, -0.05) is 18.7 Å². The van der Waals surface area contributed by atoms with E-state index in [9.17, 15) is 0 Å². The van der Waals surface area contributed by atoms with Crippen LogP contribution >= 0.6 is 36.6 Å². The maximum absolute atomic E-state index is 5.43. The maximum Gasteiger partial charge on any atom is 0.190 e. The quantitative estimate of drug-likeness (QED) is 0.814. The third-order valence-corrected chi connectivity index (χ3v) is 2.28. The van der Waals surface area contributed by atoms with Crippen LogP contribution in [0.1, 0.15) is 12.7 Å². The van der Waals surface area contributed by atoms with E-state index in [1.807, 2.05) is 11.6 Å². The fourth-order valence-electron chi connectivity index (χ4n) is 0.778. The molecule has 1 aromatic rings. The molecule has 0 atom stereocenters. The van der Waals surface area contributed by atoms with Gasteiger partial charge in [0.15, 0.2) is 5.16 Å². The first-order valence-corrected chi connectivity index (χ1v) is 4.49. The summed E-state index contributed by atoms with van der Waals surface area (Å²) in [5, 5.41) is 8.83. The highest BCUT2D eigenvalue weighted by Crippen LogP contribution is 2.13. The number of hydrogen-bond acceptors (Lipinski definition) is 4. The van der Waals surface area contributed by atoms with Crippen LogP contribution in [0.4, 0.5) is 0 Å². The van der Waals surface area contributed by atoms with Crippen LogP contribution in [-0.4, -0.2) is 20.5 Å². The van der Waals surface area contributed by atoms with Crippen molar-refractivity contribution in [3.63, 3.8) is 0 Å². The molecular weight excluding hydrogens is 231 g/mol. The second-order valence-corrected chi connectivity index (χ2v) is 3.33. The van der Waals surface area contributed by atoms with Gasteiger partial charge in [0, 0.05) is 7.05 Å². The molecular formula is C6H14Cl2N4S. The van der Waals surface area contributed by atoms with Crippen molar-refractivity contribution in [1.29, 1.82) is 0 Å². The summed E-state index contributed by atoms with van der Waals surface area (Å²) >= 11 is 1.67. The molecule has 1 heterocycles. The number of halogens is 2. The summed E-state index contributed by atoms with van der Waals surface area (Å²) in [5.41, 5.74) is 5.43. The minimum Gasteiger partial charge on any atom is -0.324 e. The van der Waals surface area contributed by atoms with Gasteiger partial charge in [0.1, 0.15) is 5.82 Å². The Balaban J connectivity index is 0. The SMILES string of the molecule is CCSc1nnc(CN)n1C.Cl.Cl. The van der Waals surface area contributed by atoms with E-state index in [0.717, 1.165) is 16.7 Å². The van der Waals surface area contributed by atoms with E-state index in [0.29, 0.717) is 6.54 Å². The molecule has 1 aromatic heterocycles. The zero-order valence-electron chi connectivity index (χ0n) is 7.56. The number of aromatic nitrogens is 3. The maximum atomic E-state index is 5.43. The van der Waals surface area contributed by atoms with E-state index in [1.165, 1.54) is 0 Å². The number of rotatable bonds is 3. The predicted molar refractivity (Wildman–Crippen MR) is 59.8 cm³/mol. The first-order valence-electron chi connectivity index (χ1n) is 3.50. The third kappa shape index (κ3) is 3.72. The number of nitrogens with zero attached hydrogens (tertiary/aromatic N) is 3. The Labute approximate surface area is 94.5 Å². The van der Waals surface area contributed by atoms with E-state index >= 15 is 0 Å². The van der Waals surface area contributed by atoms with Gasteiger partial charge in [-0.3, -0.25) is 0 Å². The molecule has 0 saturated carbocycles. The topological polar surface area (TPSA) is 56.7 Å². The molecule has 0 bridgehead atoms. The first kappa shape index (κ1) is 15.5. The van der Waals surface area contributed by atoms with Crippen LogP contribution in [0, 0.1) is 0 Å². The van der Waals surface area contributed by atoms with Gasteiger partial charge >= 0.3 is 0 Å². The standard InChI is InChI=1S/C6H12N4S.2ClH/c1-3-11-6-9-8-5(4-7)10(6)2;;/h3-4,7H2,1-2H3;2*1H. The van der Waals surface area contributed by atoms with Crippen molar-refractivity contribution in [2.24, 2.45) is 12.8 Å². The second kappa shape index (κ2) is 7.44. The summed E-state index contributed by atoms with van der Waals surface area (Å²) in [5.74, 6) is 1.84. The van der Waals surface area contributed by atoms with Crippen molar-refractivity contribution in [3.05, 3.63) is 5.82 Å². The van der Waals surface area contributed by atoms with Crippen LogP contribution < -0.4 is 5.73 Å². The molecule has 1 rings (SSSR count). The van der Waals surface area contributed by atoms with E-state index < -0.39 is 0 Å². The molecule has 0 amide bonds. The summed E-state index contributed by atoms with van der Waals surface area (Å²) < 4.78 is 1.92. The summed E-state index contributed by atoms with van der Waals surface area (Å²) in [4.78, 5) is 0. The highest BCUT2D eigenvalue weighted by Gasteiger charge is 2.05. The number of nitrogens with two attached hydrogens (primary N) is 1. The van der Waals surface area contributed by atoms with Crippen LogP contribution in [0.5, 0.6) is 0 Å². The molecule has 78 valence electrons. The molecule has 0 unspecified atom stereocenters. The molecule has 0 spiro atoms. The van der Waals surface area contributed by atoms with Crippen LogP contribution in [0.2, 0.25) is 0 Å². The summed E-state index contributed by atoms with van der Waals surface area (Å²) in [6.45, 7) is 2.54. The lowest BCUT2D eigenvalue weighted by Crippen LogP contribution is -2.05. The Morgan fingerprint density at radius 3 is 2.38 bits per heavy atom. The average Bonchev–Trinajstić information content (AvgIpc) is 2.34. The molecule has 0 radical (unpaired) electrons. The molecule has 0 aliphatic rings. The summed E-state index contributed by atoms with van der Waals surface area (Å²) in [6, 6.07) is 0. The van der Waals surface area contributed by atoms with Crippen molar-refractivity contribution in [2.45, 2.75) is 18.6 Å². The van der Waals surface area contributed by atoms with Crippen molar-refractivity contribution in [1.82, 2.24) is 14.8 Å². The van der Waals surface area contributed by atoms with Crippen LogP contribution in [-0.2, 0) is 13.6 Å².